The predicted molar refractivity (Wildman–Crippen MR) is 74.3 cm³/mol. The summed E-state index contributed by atoms with van der Waals surface area (Å²) < 4.78 is 5.27. The summed E-state index contributed by atoms with van der Waals surface area (Å²) >= 11 is 0. The molecule has 19 heavy (non-hydrogen) atoms. The van der Waals surface area contributed by atoms with E-state index in [1.165, 1.54) is 0 Å². The van der Waals surface area contributed by atoms with Crippen LogP contribution >= 0.6 is 0 Å². The van der Waals surface area contributed by atoms with E-state index in [2.05, 4.69) is 6.07 Å². The number of ether oxygens (including phenoxy) is 1. The number of carbonyl (C=O) groups is 1. The third-order valence-corrected chi connectivity index (χ3v) is 3.57. The normalized spacial score (nSPS) is 19.2. The number of nitrogens with two attached hydrogens (primary N) is 1. The Bertz CT molecular complexity index is 476. The maximum atomic E-state index is 12.1. The van der Waals surface area contributed by atoms with Crippen LogP contribution in [-0.2, 0) is 0 Å². The van der Waals surface area contributed by atoms with Crippen LogP contribution in [0.5, 0.6) is 5.75 Å². The summed E-state index contributed by atoms with van der Waals surface area (Å²) in [6.07, 6.45) is 0. The summed E-state index contributed by atoms with van der Waals surface area (Å²) in [7, 11) is 3.48. The molecule has 1 atom stereocenters. The number of amides is 2. The Hall–Kier alpha value is -1.75. The van der Waals surface area contributed by atoms with Gasteiger partial charge in [0.1, 0.15) is 5.75 Å². The number of aryl methyl sites for hydroxylation is 1. The molecule has 1 saturated heterocycles. The zero-order valence-corrected chi connectivity index (χ0v) is 11.7. The lowest BCUT2D eigenvalue weighted by atomic mass is 10.0. The number of benzene rings is 1. The van der Waals surface area contributed by atoms with Gasteiger partial charge in [-0.1, -0.05) is 12.1 Å². The van der Waals surface area contributed by atoms with E-state index in [0.29, 0.717) is 19.6 Å². The van der Waals surface area contributed by atoms with Gasteiger partial charge in [-0.2, -0.15) is 0 Å². The maximum absolute atomic E-state index is 12.1. The van der Waals surface area contributed by atoms with Gasteiger partial charge in [0.25, 0.3) is 0 Å². The van der Waals surface area contributed by atoms with Gasteiger partial charge >= 0.3 is 6.03 Å². The second-order valence-corrected chi connectivity index (χ2v) is 4.89. The Morgan fingerprint density at radius 1 is 1.47 bits per heavy atom. The Balaban J connectivity index is 2.29. The van der Waals surface area contributed by atoms with Crippen LogP contribution in [0.25, 0.3) is 0 Å². The van der Waals surface area contributed by atoms with E-state index >= 15 is 0 Å². The fourth-order valence-corrected chi connectivity index (χ4v) is 2.57. The predicted octanol–water partition coefficient (Wildman–Crippen LogP) is 1.37. The van der Waals surface area contributed by atoms with Crippen LogP contribution in [0.4, 0.5) is 4.79 Å². The average molecular weight is 263 g/mol. The molecule has 2 rings (SSSR count). The number of rotatable bonds is 4. The van der Waals surface area contributed by atoms with E-state index in [9.17, 15) is 4.79 Å². The number of carbonyl (C=O) groups excluding carboxylic acids is 1. The van der Waals surface area contributed by atoms with Crippen molar-refractivity contribution >= 4 is 6.03 Å². The van der Waals surface area contributed by atoms with Crippen molar-refractivity contribution in [1.29, 1.82) is 0 Å². The molecule has 1 heterocycles. The summed E-state index contributed by atoms with van der Waals surface area (Å²) in [5, 5.41) is 0. The highest BCUT2D eigenvalue weighted by molar-refractivity contribution is 5.77. The first-order valence-electron chi connectivity index (χ1n) is 6.44. The highest BCUT2D eigenvalue weighted by Gasteiger charge is 2.35. The monoisotopic (exact) mass is 263 g/mol. The van der Waals surface area contributed by atoms with Crippen molar-refractivity contribution in [3.8, 4) is 5.75 Å². The lowest BCUT2D eigenvalue weighted by molar-refractivity contribution is 0.192. The first-order valence-corrected chi connectivity index (χ1v) is 6.44. The molecular formula is C14H21N3O2. The second kappa shape index (κ2) is 5.48. The molecule has 1 aliphatic rings. The van der Waals surface area contributed by atoms with E-state index in [4.69, 9.17) is 10.5 Å². The number of urea groups is 1. The quantitative estimate of drug-likeness (QED) is 0.892. The van der Waals surface area contributed by atoms with Gasteiger partial charge in [0.05, 0.1) is 13.2 Å². The molecule has 104 valence electrons. The topological polar surface area (TPSA) is 58.8 Å². The van der Waals surface area contributed by atoms with Crippen LogP contribution in [0.2, 0.25) is 0 Å². The fourth-order valence-electron chi connectivity index (χ4n) is 2.57. The lowest BCUT2D eigenvalue weighted by Crippen LogP contribution is -2.34. The number of nitrogens with zero attached hydrogens (tertiary/aromatic N) is 2. The molecule has 0 aliphatic carbocycles. The van der Waals surface area contributed by atoms with Crippen LogP contribution in [0.3, 0.4) is 0 Å². The van der Waals surface area contributed by atoms with E-state index < -0.39 is 0 Å². The summed E-state index contributed by atoms with van der Waals surface area (Å²) in [5.74, 6) is 0.867. The van der Waals surface area contributed by atoms with E-state index in [-0.39, 0.29) is 12.1 Å². The van der Waals surface area contributed by atoms with E-state index in [1.807, 2.05) is 31.0 Å². The summed E-state index contributed by atoms with van der Waals surface area (Å²) in [5.41, 5.74) is 7.81. The zero-order valence-electron chi connectivity index (χ0n) is 11.7. The molecule has 1 aliphatic heterocycles. The van der Waals surface area contributed by atoms with Crippen LogP contribution in [0.15, 0.2) is 18.2 Å². The van der Waals surface area contributed by atoms with E-state index in [1.54, 1.807) is 12.0 Å². The number of methoxy groups -OCH3 is 1. The molecule has 0 radical (unpaired) electrons. The van der Waals surface area contributed by atoms with Gasteiger partial charge in [-0.15, -0.1) is 0 Å². The molecule has 2 amide bonds. The van der Waals surface area contributed by atoms with Crippen molar-refractivity contribution in [2.24, 2.45) is 5.73 Å². The van der Waals surface area contributed by atoms with E-state index in [0.717, 1.165) is 16.9 Å². The minimum absolute atomic E-state index is 0.0453. The summed E-state index contributed by atoms with van der Waals surface area (Å²) in [6, 6.07) is 6.18. The molecule has 0 saturated carbocycles. The molecule has 5 heteroatoms. The van der Waals surface area contributed by atoms with Crippen LogP contribution in [-0.4, -0.2) is 49.6 Å². The first kappa shape index (κ1) is 13.7. The molecule has 0 bridgehead atoms. The van der Waals surface area contributed by atoms with Crippen molar-refractivity contribution in [3.05, 3.63) is 29.3 Å². The number of hydrogen-bond donors (Lipinski definition) is 1. The maximum Gasteiger partial charge on any atom is 0.320 e. The molecular weight excluding hydrogens is 242 g/mol. The molecule has 1 fully saturated rings. The van der Waals surface area contributed by atoms with Gasteiger partial charge in [0.15, 0.2) is 0 Å². The molecule has 2 N–H and O–H groups in total. The van der Waals surface area contributed by atoms with Crippen LogP contribution in [0, 0.1) is 6.92 Å². The van der Waals surface area contributed by atoms with Gasteiger partial charge in [0, 0.05) is 26.7 Å². The minimum Gasteiger partial charge on any atom is -0.496 e. The van der Waals surface area contributed by atoms with Gasteiger partial charge in [-0.3, -0.25) is 0 Å². The summed E-state index contributed by atoms with van der Waals surface area (Å²) in [4.78, 5) is 15.6. The third-order valence-electron chi connectivity index (χ3n) is 3.57. The minimum atomic E-state index is 0.0453. The van der Waals surface area contributed by atoms with Gasteiger partial charge in [0.2, 0.25) is 0 Å². The highest BCUT2D eigenvalue weighted by atomic mass is 16.5. The van der Waals surface area contributed by atoms with Crippen molar-refractivity contribution in [3.63, 3.8) is 0 Å². The lowest BCUT2D eigenvalue weighted by Gasteiger charge is -2.23. The fraction of sp³-hybridized carbons (Fsp3) is 0.500. The summed E-state index contributed by atoms with van der Waals surface area (Å²) in [6.45, 7) is 3.77. The zero-order chi connectivity index (χ0) is 14.0. The van der Waals surface area contributed by atoms with Crippen molar-refractivity contribution in [1.82, 2.24) is 9.80 Å². The van der Waals surface area contributed by atoms with Crippen molar-refractivity contribution in [2.75, 3.05) is 33.8 Å². The van der Waals surface area contributed by atoms with Gasteiger partial charge < -0.3 is 20.3 Å². The Morgan fingerprint density at radius 3 is 2.79 bits per heavy atom. The Kier molecular flexibility index (Phi) is 3.95. The molecule has 0 aromatic heterocycles. The van der Waals surface area contributed by atoms with Crippen LogP contribution in [0.1, 0.15) is 17.2 Å². The second-order valence-electron chi connectivity index (χ2n) is 4.89. The smallest absolute Gasteiger partial charge is 0.320 e. The third kappa shape index (κ3) is 2.51. The average Bonchev–Trinajstić information content (AvgIpc) is 2.67. The number of likely N-dealkylation sites (N-methyl/N-ethyl adjacent to an activating group) is 1. The van der Waals surface area contributed by atoms with Gasteiger partial charge in [-0.25, -0.2) is 4.79 Å². The van der Waals surface area contributed by atoms with Crippen molar-refractivity contribution < 1.29 is 9.53 Å². The SMILES string of the molecule is COc1ccc(C2CN(C)C(=O)N2CCN)cc1C. The number of hydrogen-bond acceptors (Lipinski definition) is 3. The molecule has 1 aromatic rings. The van der Waals surface area contributed by atoms with Crippen LogP contribution < -0.4 is 10.5 Å². The molecule has 1 aromatic carbocycles. The largest absolute Gasteiger partial charge is 0.496 e. The standard InChI is InChI=1S/C14H21N3O2/c1-10-8-11(4-5-13(10)19-3)12-9-16(2)14(18)17(12)7-6-15/h4-5,8,12H,6-7,9,15H2,1-3H3. The molecule has 1 unspecified atom stereocenters. The first-order chi connectivity index (χ1) is 9.08. The highest BCUT2D eigenvalue weighted by Crippen LogP contribution is 2.31. The van der Waals surface area contributed by atoms with Gasteiger partial charge in [-0.05, 0) is 24.1 Å². The Morgan fingerprint density at radius 2 is 2.21 bits per heavy atom. The Labute approximate surface area is 113 Å². The molecule has 0 spiro atoms. The molecule has 5 nitrogen and oxygen atoms in total. The van der Waals surface area contributed by atoms with Crippen molar-refractivity contribution in [2.45, 2.75) is 13.0 Å².